The Morgan fingerprint density at radius 1 is 1.13 bits per heavy atom. The Balaban J connectivity index is 1.54. The number of likely N-dealkylation sites (tertiary alicyclic amines) is 3. The van der Waals surface area contributed by atoms with Crippen molar-refractivity contribution in [3.05, 3.63) is 35.6 Å². The summed E-state index contributed by atoms with van der Waals surface area (Å²) < 4.78 is 19.4. The summed E-state index contributed by atoms with van der Waals surface area (Å²) in [6, 6.07) is 6.16. The van der Waals surface area contributed by atoms with E-state index in [0.29, 0.717) is 19.7 Å². The number of carbonyl (C=O) groups excluding carboxylic acids is 2. The largest absolute Gasteiger partial charge is 0.383 e. The molecule has 1 aromatic rings. The van der Waals surface area contributed by atoms with Gasteiger partial charge in [-0.1, -0.05) is 12.1 Å². The molecule has 6 nitrogen and oxygen atoms in total. The minimum atomic E-state index is -0.476. The quantitative estimate of drug-likeness (QED) is 0.738. The summed E-state index contributed by atoms with van der Waals surface area (Å²) in [5.74, 6) is -0.451. The summed E-state index contributed by atoms with van der Waals surface area (Å²) in [4.78, 5) is 32.5. The number of methoxy groups -OCH3 is 1. The molecule has 3 fully saturated rings. The second-order valence-corrected chi connectivity index (χ2v) is 8.97. The van der Waals surface area contributed by atoms with Gasteiger partial charge in [-0.15, -0.1) is 0 Å². The van der Waals surface area contributed by atoms with E-state index in [2.05, 4.69) is 4.90 Å². The summed E-state index contributed by atoms with van der Waals surface area (Å²) in [6.07, 6.45) is 2.43. The number of amides is 2. The van der Waals surface area contributed by atoms with Crippen molar-refractivity contribution in [2.45, 2.75) is 26.2 Å². The lowest BCUT2D eigenvalue weighted by Gasteiger charge is -2.47. The fraction of sp³-hybridized carbons (Fsp3) is 0.652. The fourth-order valence-electron chi connectivity index (χ4n) is 5.92. The molecule has 3 saturated heterocycles. The Morgan fingerprint density at radius 3 is 2.50 bits per heavy atom. The molecule has 2 amide bonds. The summed E-state index contributed by atoms with van der Waals surface area (Å²) in [6.45, 7) is 7.82. The molecule has 3 aliphatic rings. The topological polar surface area (TPSA) is 53.1 Å². The summed E-state index contributed by atoms with van der Waals surface area (Å²) in [5.41, 5.74) is -0.372. The molecule has 0 radical (unpaired) electrons. The van der Waals surface area contributed by atoms with E-state index in [9.17, 15) is 14.0 Å². The fourth-order valence-corrected chi connectivity index (χ4v) is 5.92. The number of hydrogen-bond donors (Lipinski definition) is 0. The van der Waals surface area contributed by atoms with Gasteiger partial charge in [0.15, 0.2) is 0 Å². The average molecular weight is 418 g/mol. The van der Waals surface area contributed by atoms with Crippen LogP contribution in [0.1, 0.15) is 36.5 Å². The number of benzene rings is 1. The van der Waals surface area contributed by atoms with Crippen molar-refractivity contribution in [1.29, 1.82) is 0 Å². The van der Waals surface area contributed by atoms with Gasteiger partial charge in [0.05, 0.1) is 17.6 Å². The molecule has 0 saturated carbocycles. The van der Waals surface area contributed by atoms with E-state index in [1.165, 1.54) is 6.07 Å². The second kappa shape index (κ2) is 8.27. The van der Waals surface area contributed by atoms with Crippen molar-refractivity contribution in [2.75, 3.05) is 59.5 Å². The molecule has 0 aliphatic carbocycles. The molecule has 30 heavy (non-hydrogen) atoms. The number of carbonyl (C=O) groups is 2. The third-order valence-electron chi connectivity index (χ3n) is 7.65. The first-order valence-corrected chi connectivity index (χ1v) is 11.0. The minimum Gasteiger partial charge on any atom is -0.383 e. The predicted octanol–water partition coefficient (Wildman–Crippen LogP) is 2.25. The van der Waals surface area contributed by atoms with Gasteiger partial charge < -0.3 is 14.5 Å². The van der Waals surface area contributed by atoms with Crippen molar-refractivity contribution >= 4 is 11.8 Å². The molecular formula is C23H32FN3O3. The zero-order valence-electron chi connectivity index (χ0n) is 18.0. The Morgan fingerprint density at radius 2 is 1.87 bits per heavy atom. The Kier molecular flexibility index (Phi) is 5.86. The first kappa shape index (κ1) is 21.2. The normalized spacial score (nSPS) is 26.3. The third kappa shape index (κ3) is 3.32. The average Bonchev–Trinajstić information content (AvgIpc) is 3.24. The van der Waals surface area contributed by atoms with Gasteiger partial charge in [0.1, 0.15) is 5.82 Å². The van der Waals surface area contributed by atoms with E-state index in [1.54, 1.807) is 30.2 Å². The Hall–Kier alpha value is -1.99. The maximum absolute atomic E-state index is 14.1. The van der Waals surface area contributed by atoms with Crippen molar-refractivity contribution < 1.29 is 18.7 Å². The van der Waals surface area contributed by atoms with Crippen LogP contribution in [0.2, 0.25) is 0 Å². The molecule has 0 N–H and O–H groups in total. The van der Waals surface area contributed by atoms with Gasteiger partial charge in [0, 0.05) is 58.3 Å². The molecule has 1 atom stereocenters. The third-order valence-corrected chi connectivity index (χ3v) is 7.65. The van der Waals surface area contributed by atoms with Gasteiger partial charge in [-0.3, -0.25) is 14.5 Å². The highest BCUT2D eigenvalue weighted by Gasteiger charge is 2.64. The van der Waals surface area contributed by atoms with Crippen LogP contribution in [0.25, 0.3) is 0 Å². The lowest BCUT2D eigenvalue weighted by molar-refractivity contribution is -0.141. The van der Waals surface area contributed by atoms with E-state index in [0.717, 1.165) is 52.0 Å². The Labute approximate surface area is 177 Å². The maximum Gasteiger partial charge on any atom is 0.256 e. The predicted molar refractivity (Wildman–Crippen MR) is 112 cm³/mol. The zero-order chi connectivity index (χ0) is 21.4. The highest BCUT2D eigenvalue weighted by molar-refractivity contribution is 5.94. The summed E-state index contributed by atoms with van der Waals surface area (Å²) >= 11 is 0. The van der Waals surface area contributed by atoms with Crippen LogP contribution in [0, 0.1) is 16.6 Å². The molecular weight excluding hydrogens is 385 g/mol. The lowest BCUT2D eigenvalue weighted by Crippen LogP contribution is -2.53. The van der Waals surface area contributed by atoms with Crippen molar-refractivity contribution in [3.8, 4) is 0 Å². The summed E-state index contributed by atoms with van der Waals surface area (Å²) in [7, 11) is 1.70. The van der Waals surface area contributed by atoms with Gasteiger partial charge in [-0.05, 0) is 38.3 Å². The maximum atomic E-state index is 14.1. The molecule has 7 heteroatoms. The van der Waals surface area contributed by atoms with Crippen LogP contribution in [-0.4, -0.2) is 86.0 Å². The number of ether oxygens (including phenoxy) is 1. The molecule has 3 heterocycles. The van der Waals surface area contributed by atoms with E-state index in [1.807, 2.05) is 11.8 Å². The van der Waals surface area contributed by atoms with Gasteiger partial charge in [0.2, 0.25) is 5.91 Å². The van der Waals surface area contributed by atoms with Crippen LogP contribution < -0.4 is 0 Å². The number of piperidine rings is 1. The van der Waals surface area contributed by atoms with Crippen LogP contribution >= 0.6 is 0 Å². The van der Waals surface area contributed by atoms with Crippen LogP contribution in [0.15, 0.2) is 24.3 Å². The monoisotopic (exact) mass is 417 g/mol. The SMILES string of the molecule is CCN1CC[C@@]2(CN(CCOC)CC23CCN(C(=O)c2ccccc2F)CC3)C1=O. The van der Waals surface area contributed by atoms with Gasteiger partial charge in [-0.2, -0.15) is 0 Å². The minimum absolute atomic E-state index is 0.130. The van der Waals surface area contributed by atoms with Crippen molar-refractivity contribution in [2.24, 2.45) is 10.8 Å². The standard InChI is InChI=1S/C23H32FN3O3/c1-3-26-13-10-23(21(26)29)17-25(14-15-30-2)16-22(23)8-11-27(12-9-22)20(28)18-6-4-5-7-19(18)24/h4-7H,3,8-17H2,1-2H3/t23-/m1/s1. The molecule has 1 aromatic carbocycles. The molecule has 164 valence electrons. The molecule has 3 aliphatic heterocycles. The van der Waals surface area contributed by atoms with Crippen LogP contribution in [0.3, 0.4) is 0 Å². The number of rotatable bonds is 5. The van der Waals surface area contributed by atoms with Gasteiger partial charge >= 0.3 is 0 Å². The van der Waals surface area contributed by atoms with E-state index in [4.69, 9.17) is 4.74 Å². The first-order chi connectivity index (χ1) is 14.5. The summed E-state index contributed by atoms with van der Waals surface area (Å²) in [5, 5.41) is 0. The Bertz CT molecular complexity index is 809. The van der Waals surface area contributed by atoms with E-state index in [-0.39, 0.29) is 28.2 Å². The number of halogens is 1. The second-order valence-electron chi connectivity index (χ2n) is 8.97. The molecule has 0 aromatic heterocycles. The first-order valence-electron chi connectivity index (χ1n) is 11.0. The van der Waals surface area contributed by atoms with Crippen molar-refractivity contribution in [1.82, 2.24) is 14.7 Å². The van der Waals surface area contributed by atoms with Crippen molar-refractivity contribution in [3.63, 3.8) is 0 Å². The van der Waals surface area contributed by atoms with Crippen LogP contribution in [-0.2, 0) is 9.53 Å². The smallest absolute Gasteiger partial charge is 0.256 e. The van der Waals surface area contributed by atoms with E-state index >= 15 is 0 Å². The molecule has 0 unspecified atom stereocenters. The number of fused-ring (bicyclic) bond motifs is 1. The molecule has 0 bridgehead atoms. The number of hydrogen-bond acceptors (Lipinski definition) is 4. The highest BCUT2D eigenvalue weighted by Crippen LogP contribution is 2.57. The highest BCUT2D eigenvalue weighted by atomic mass is 19.1. The molecule has 2 spiro atoms. The van der Waals surface area contributed by atoms with E-state index < -0.39 is 5.82 Å². The lowest BCUT2D eigenvalue weighted by atomic mass is 9.60. The number of nitrogens with zero attached hydrogens (tertiary/aromatic N) is 3. The van der Waals surface area contributed by atoms with Gasteiger partial charge in [0.25, 0.3) is 5.91 Å². The van der Waals surface area contributed by atoms with Crippen LogP contribution in [0.4, 0.5) is 4.39 Å². The van der Waals surface area contributed by atoms with Gasteiger partial charge in [-0.25, -0.2) is 4.39 Å². The molecule has 4 rings (SSSR count). The zero-order valence-corrected chi connectivity index (χ0v) is 18.0. The van der Waals surface area contributed by atoms with Crippen LogP contribution in [0.5, 0.6) is 0 Å².